The van der Waals surface area contributed by atoms with E-state index in [9.17, 15) is 0 Å². The zero-order chi connectivity index (χ0) is 9.45. The highest BCUT2D eigenvalue weighted by Crippen LogP contribution is 2.18. The van der Waals surface area contributed by atoms with E-state index in [-0.39, 0.29) is 0 Å². The van der Waals surface area contributed by atoms with E-state index >= 15 is 0 Å². The lowest BCUT2D eigenvalue weighted by atomic mass is 9.90. The van der Waals surface area contributed by atoms with E-state index in [0.29, 0.717) is 12.0 Å². The Hall–Kier alpha value is -0.120. The van der Waals surface area contributed by atoms with E-state index < -0.39 is 0 Å². The summed E-state index contributed by atoms with van der Waals surface area (Å²) in [5, 5.41) is 3.30. The first kappa shape index (κ1) is 11.9. The number of rotatable bonds is 7. The van der Waals surface area contributed by atoms with Crippen LogP contribution in [0.5, 0.6) is 0 Å². The third kappa shape index (κ3) is 6.58. The van der Waals surface area contributed by atoms with Gasteiger partial charge < -0.3 is 15.8 Å². The lowest BCUT2D eigenvalue weighted by Gasteiger charge is -2.24. The van der Waals surface area contributed by atoms with Gasteiger partial charge in [-0.3, -0.25) is 0 Å². The van der Waals surface area contributed by atoms with Crippen molar-refractivity contribution < 1.29 is 4.74 Å². The van der Waals surface area contributed by atoms with Crippen molar-refractivity contribution in [2.24, 2.45) is 11.1 Å². The van der Waals surface area contributed by atoms with Gasteiger partial charge in [-0.1, -0.05) is 13.8 Å². The average Bonchev–Trinajstić information content (AvgIpc) is 2.01. The first-order valence-corrected chi connectivity index (χ1v) is 4.52. The van der Waals surface area contributed by atoms with Gasteiger partial charge in [0.1, 0.15) is 0 Å². The smallest absolute Gasteiger partial charge is 0.0467 e. The fraction of sp³-hybridized carbons (Fsp3) is 1.00. The highest BCUT2D eigenvalue weighted by atomic mass is 16.5. The Kier molecular flexibility index (Phi) is 6.34. The molecule has 0 aliphatic carbocycles. The Labute approximate surface area is 75.7 Å². The second-order valence-corrected chi connectivity index (χ2v) is 3.87. The van der Waals surface area contributed by atoms with Crippen LogP contribution < -0.4 is 11.1 Å². The van der Waals surface area contributed by atoms with Gasteiger partial charge in [0.2, 0.25) is 0 Å². The van der Waals surface area contributed by atoms with E-state index in [0.717, 1.165) is 26.1 Å². The standard InChI is InChI=1S/C9H22N2O/c1-9(2,4-7-12-3)8-11-6-5-10/h11H,4-8,10H2,1-3H3. The predicted molar refractivity (Wildman–Crippen MR) is 52.2 cm³/mol. The molecule has 3 heteroatoms. The van der Waals surface area contributed by atoms with E-state index in [1.807, 2.05) is 0 Å². The molecule has 0 aliphatic rings. The van der Waals surface area contributed by atoms with Crippen LogP contribution in [0.2, 0.25) is 0 Å². The molecular formula is C9H22N2O. The Morgan fingerprint density at radius 2 is 2.08 bits per heavy atom. The molecule has 0 spiro atoms. The molecule has 12 heavy (non-hydrogen) atoms. The third-order valence-corrected chi connectivity index (χ3v) is 1.91. The van der Waals surface area contributed by atoms with Crippen molar-refractivity contribution in [3.05, 3.63) is 0 Å². The van der Waals surface area contributed by atoms with Gasteiger partial charge in [0, 0.05) is 33.4 Å². The molecule has 0 aromatic rings. The summed E-state index contributed by atoms with van der Waals surface area (Å²) in [6.45, 7) is 7.91. The molecule has 0 aromatic heterocycles. The van der Waals surface area contributed by atoms with Crippen molar-refractivity contribution in [1.82, 2.24) is 5.32 Å². The monoisotopic (exact) mass is 174 g/mol. The SMILES string of the molecule is COCCC(C)(C)CNCCN. The van der Waals surface area contributed by atoms with Crippen molar-refractivity contribution in [1.29, 1.82) is 0 Å². The molecule has 0 atom stereocenters. The van der Waals surface area contributed by atoms with Gasteiger partial charge in [-0.15, -0.1) is 0 Å². The summed E-state index contributed by atoms with van der Waals surface area (Å²) >= 11 is 0. The Morgan fingerprint density at radius 1 is 1.42 bits per heavy atom. The fourth-order valence-corrected chi connectivity index (χ4v) is 0.996. The van der Waals surface area contributed by atoms with Gasteiger partial charge in [-0.05, 0) is 11.8 Å². The molecule has 0 bridgehead atoms. The summed E-state index contributed by atoms with van der Waals surface area (Å²) in [5.41, 5.74) is 5.68. The summed E-state index contributed by atoms with van der Waals surface area (Å²) in [6.07, 6.45) is 1.08. The van der Waals surface area contributed by atoms with E-state index in [1.54, 1.807) is 7.11 Å². The quantitative estimate of drug-likeness (QED) is 0.556. The maximum atomic E-state index is 5.37. The van der Waals surface area contributed by atoms with Crippen LogP contribution >= 0.6 is 0 Å². The van der Waals surface area contributed by atoms with Crippen LogP contribution in [0, 0.1) is 5.41 Å². The second-order valence-electron chi connectivity index (χ2n) is 3.87. The Morgan fingerprint density at radius 3 is 2.58 bits per heavy atom. The normalized spacial score (nSPS) is 12.0. The molecule has 0 aromatic carbocycles. The minimum Gasteiger partial charge on any atom is -0.385 e. The van der Waals surface area contributed by atoms with Crippen molar-refractivity contribution in [2.75, 3.05) is 33.4 Å². The van der Waals surface area contributed by atoms with E-state index in [4.69, 9.17) is 10.5 Å². The van der Waals surface area contributed by atoms with Gasteiger partial charge >= 0.3 is 0 Å². The topological polar surface area (TPSA) is 47.3 Å². The first-order valence-electron chi connectivity index (χ1n) is 4.52. The maximum absolute atomic E-state index is 5.37. The van der Waals surface area contributed by atoms with Crippen LogP contribution in [0.1, 0.15) is 20.3 Å². The van der Waals surface area contributed by atoms with E-state index in [1.165, 1.54) is 0 Å². The molecule has 0 saturated carbocycles. The molecule has 3 nitrogen and oxygen atoms in total. The van der Waals surface area contributed by atoms with Crippen LogP contribution in [-0.4, -0.2) is 33.4 Å². The molecule has 74 valence electrons. The highest BCUT2D eigenvalue weighted by Gasteiger charge is 2.16. The molecular weight excluding hydrogens is 152 g/mol. The van der Waals surface area contributed by atoms with Crippen LogP contribution in [0.3, 0.4) is 0 Å². The third-order valence-electron chi connectivity index (χ3n) is 1.91. The molecule has 0 heterocycles. The zero-order valence-corrected chi connectivity index (χ0v) is 8.52. The molecule has 0 unspecified atom stereocenters. The first-order chi connectivity index (χ1) is 5.62. The summed E-state index contributed by atoms with van der Waals surface area (Å²) in [5.74, 6) is 0. The summed E-state index contributed by atoms with van der Waals surface area (Å²) in [7, 11) is 1.74. The summed E-state index contributed by atoms with van der Waals surface area (Å²) in [4.78, 5) is 0. The molecule has 0 aliphatic heterocycles. The summed E-state index contributed by atoms with van der Waals surface area (Å²) in [6, 6.07) is 0. The number of nitrogens with two attached hydrogens (primary N) is 1. The molecule has 0 amide bonds. The maximum Gasteiger partial charge on any atom is 0.0467 e. The van der Waals surface area contributed by atoms with Crippen molar-refractivity contribution in [2.45, 2.75) is 20.3 Å². The zero-order valence-electron chi connectivity index (χ0n) is 8.52. The van der Waals surface area contributed by atoms with Crippen LogP contribution in [0.4, 0.5) is 0 Å². The fourth-order valence-electron chi connectivity index (χ4n) is 0.996. The van der Waals surface area contributed by atoms with Crippen molar-refractivity contribution >= 4 is 0 Å². The molecule has 0 fully saturated rings. The Balaban J connectivity index is 3.42. The van der Waals surface area contributed by atoms with Gasteiger partial charge in [-0.2, -0.15) is 0 Å². The van der Waals surface area contributed by atoms with Gasteiger partial charge in [0.05, 0.1) is 0 Å². The van der Waals surface area contributed by atoms with Crippen LogP contribution in [0.25, 0.3) is 0 Å². The van der Waals surface area contributed by atoms with E-state index in [2.05, 4.69) is 19.2 Å². The Bertz CT molecular complexity index is 105. The van der Waals surface area contributed by atoms with Gasteiger partial charge in [0.15, 0.2) is 0 Å². The van der Waals surface area contributed by atoms with Crippen molar-refractivity contribution in [3.8, 4) is 0 Å². The minimum atomic E-state index is 0.311. The van der Waals surface area contributed by atoms with Crippen LogP contribution in [0.15, 0.2) is 0 Å². The van der Waals surface area contributed by atoms with Crippen molar-refractivity contribution in [3.63, 3.8) is 0 Å². The predicted octanol–water partition coefficient (Wildman–Crippen LogP) is 0.597. The largest absolute Gasteiger partial charge is 0.385 e. The number of methoxy groups -OCH3 is 1. The lowest BCUT2D eigenvalue weighted by Crippen LogP contribution is -2.33. The number of hydrogen-bond acceptors (Lipinski definition) is 3. The average molecular weight is 174 g/mol. The molecule has 0 rings (SSSR count). The number of hydrogen-bond donors (Lipinski definition) is 2. The second kappa shape index (κ2) is 6.40. The number of nitrogens with one attached hydrogen (secondary N) is 1. The lowest BCUT2D eigenvalue weighted by molar-refractivity contribution is 0.151. The summed E-state index contributed by atoms with van der Waals surface area (Å²) < 4.78 is 5.03. The molecule has 3 N–H and O–H groups in total. The molecule has 0 radical (unpaired) electrons. The number of ether oxygens (including phenoxy) is 1. The molecule has 0 saturated heterocycles. The van der Waals surface area contributed by atoms with Gasteiger partial charge in [0.25, 0.3) is 0 Å². The van der Waals surface area contributed by atoms with Gasteiger partial charge in [-0.25, -0.2) is 0 Å². The minimum absolute atomic E-state index is 0.311. The van der Waals surface area contributed by atoms with Crippen LogP contribution in [-0.2, 0) is 4.74 Å². The highest BCUT2D eigenvalue weighted by molar-refractivity contribution is 4.71.